The average Bonchev–Trinajstić information content (AvgIpc) is 3.01. The summed E-state index contributed by atoms with van der Waals surface area (Å²) in [6.45, 7) is 10.6. The Labute approximate surface area is 138 Å². The first-order valence-electron chi connectivity index (χ1n) is 8.37. The van der Waals surface area contributed by atoms with Crippen molar-refractivity contribution in [2.45, 2.75) is 39.7 Å². The third-order valence-corrected chi connectivity index (χ3v) is 5.21. The fraction of sp³-hybridized carbons (Fsp3) is 0.706. The molecule has 4 nitrogen and oxygen atoms in total. The van der Waals surface area contributed by atoms with Crippen LogP contribution in [0, 0.1) is 11.8 Å². The highest BCUT2D eigenvalue weighted by molar-refractivity contribution is 7.10. The van der Waals surface area contributed by atoms with Gasteiger partial charge in [-0.05, 0) is 49.2 Å². The van der Waals surface area contributed by atoms with Crippen molar-refractivity contribution in [1.29, 1.82) is 0 Å². The molecular weight excluding hydrogens is 292 g/mol. The fourth-order valence-corrected chi connectivity index (χ4v) is 3.63. The molecule has 2 rings (SSSR count). The van der Waals surface area contributed by atoms with Gasteiger partial charge in [-0.25, -0.2) is 0 Å². The van der Waals surface area contributed by atoms with E-state index in [2.05, 4.69) is 53.5 Å². The first kappa shape index (κ1) is 17.3. The second-order valence-corrected chi connectivity index (χ2v) is 7.73. The summed E-state index contributed by atoms with van der Waals surface area (Å²) < 4.78 is 0. The van der Waals surface area contributed by atoms with Crippen molar-refractivity contribution in [3.63, 3.8) is 0 Å². The largest absolute Gasteiger partial charge is 0.370 e. The van der Waals surface area contributed by atoms with E-state index < -0.39 is 0 Å². The van der Waals surface area contributed by atoms with Crippen LogP contribution in [0.1, 0.15) is 44.5 Å². The van der Waals surface area contributed by atoms with E-state index >= 15 is 0 Å². The van der Waals surface area contributed by atoms with E-state index in [4.69, 9.17) is 5.73 Å². The van der Waals surface area contributed by atoms with E-state index in [0.717, 1.165) is 19.0 Å². The van der Waals surface area contributed by atoms with Gasteiger partial charge in [0, 0.05) is 18.0 Å². The quantitative estimate of drug-likeness (QED) is 0.625. The number of hydrogen-bond donors (Lipinski definition) is 2. The molecule has 0 amide bonds. The van der Waals surface area contributed by atoms with E-state index in [1.807, 2.05) is 11.3 Å². The lowest BCUT2D eigenvalue weighted by Crippen LogP contribution is -2.43. The second-order valence-electron chi connectivity index (χ2n) is 6.75. The van der Waals surface area contributed by atoms with Gasteiger partial charge in [-0.3, -0.25) is 9.89 Å². The van der Waals surface area contributed by atoms with Crippen LogP contribution in [0.25, 0.3) is 0 Å². The maximum absolute atomic E-state index is 6.00. The minimum atomic E-state index is 0.403. The van der Waals surface area contributed by atoms with Crippen LogP contribution in [-0.2, 0) is 0 Å². The summed E-state index contributed by atoms with van der Waals surface area (Å²) in [6.07, 6.45) is 2.58. The zero-order valence-electron chi connectivity index (χ0n) is 14.1. The van der Waals surface area contributed by atoms with Crippen molar-refractivity contribution in [2.75, 3.05) is 26.2 Å². The number of nitrogens with one attached hydrogen (secondary N) is 1. The summed E-state index contributed by atoms with van der Waals surface area (Å²) in [7, 11) is 0. The van der Waals surface area contributed by atoms with Gasteiger partial charge in [0.25, 0.3) is 0 Å². The van der Waals surface area contributed by atoms with E-state index in [1.54, 1.807) is 0 Å². The van der Waals surface area contributed by atoms with Gasteiger partial charge in [-0.2, -0.15) is 0 Å². The molecule has 1 aromatic heterocycles. The third kappa shape index (κ3) is 5.29. The number of nitrogens with zero attached hydrogens (tertiary/aromatic N) is 2. The number of guanidine groups is 1. The predicted molar refractivity (Wildman–Crippen MR) is 96.4 cm³/mol. The van der Waals surface area contributed by atoms with E-state index in [9.17, 15) is 0 Å². The minimum Gasteiger partial charge on any atom is -0.370 e. The topological polar surface area (TPSA) is 53.6 Å². The van der Waals surface area contributed by atoms with Gasteiger partial charge in [0.2, 0.25) is 0 Å². The van der Waals surface area contributed by atoms with Gasteiger partial charge in [0.15, 0.2) is 5.96 Å². The number of aliphatic imine (C=N–C) groups is 1. The summed E-state index contributed by atoms with van der Waals surface area (Å²) in [6, 6.07) is 4.77. The normalized spacial score (nSPS) is 19.5. The van der Waals surface area contributed by atoms with Crippen LogP contribution in [0.2, 0.25) is 0 Å². The molecule has 0 spiro atoms. The van der Waals surface area contributed by atoms with Crippen molar-refractivity contribution >= 4 is 17.3 Å². The first-order chi connectivity index (χ1) is 10.6. The van der Waals surface area contributed by atoms with E-state index in [1.165, 1.54) is 30.8 Å². The predicted octanol–water partition coefficient (Wildman–Crippen LogP) is 3.08. The molecular formula is C17H30N4S. The zero-order chi connectivity index (χ0) is 15.9. The fourth-order valence-electron chi connectivity index (χ4n) is 2.77. The van der Waals surface area contributed by atoms with Crippen LogP contribution in [0.3, 0.4) is 0 Å². The molecule has 124 valence electrons. The lowest BCUT2D eigenvalue weighted by atomic mass is 9.97. The highest BCUT2D eigenvalue weighted by atomic mass is 32.1. The van der Waals surface area contributed by atoms with Crippen molar-refractivity contribution in [1.82, 2.24) is 10.2 Å². The Bertz CT molecular complexity index is 447. The number of piperidine rings is 1. The summed E-state index contributed by atoms with van der Waals surface area (Å²) in [5, 5.41) is 5.49. The van der Waals surface area contributed by atoms with Crippen molar-refractivity contribution in [3.05, 3.63) is 22.4 Å². The Kier molecular flexibility index (Phi) is 6.70. The molecule has 22 heavy (non-hydrogen) atoms. The van der Waals surface area contributed by atoms with Crippen LogP contribution in [-0.4, -0.2) is 37.0 Å². The third-order valence-electron chi connectivity index (χ3n) is 4.23. The zero-order valence-corrected chi connectivity index (χ0v) is 14.9. The van der Waals surface area contributed by atoms with E-state index in [-0.39, 0.29) is 0 Å². The first-order valence-corrected chi connectivity index (χ1v) is 9.25. The van der Waals surface area contributed by atoms with Crippen molar-refractivity contribution < 1.29 is 0 Å². The molecule has 0 bridgehead atoms. The van der Waals surface area contributed by atoms with Gasteiger partial charge in [-0.1, -0.05) is 26.8 Å². The van der Waals surface area contributed by atoms with Crippen LogP contribution in [0.15, 0.2) is 22.5 Å². The molecule has 1 saturated heterocycles. The Morgan fingerprint density at radius 2 is 2.18 bits per heavy atom. The molecule has 3 N–H and O–H groups in total. The van der Waals surface area contributed by atoms with E-state index in [0.29, 0.717) is 17.9 Å². The molecule has 0 aliphatic carbocycles. The molecule has 1 aliphatic rings. The highest BCUT2D eigenvalue weighted by Gasteiger charge is 2.25. The van der Waals surface area contributed by atoms with Crippen molar-refractivity contribution in [2.24, 2.45) is 22.6 Å². The summed E-state index contributed by atoms with van der Waals surface area (Å²) in [5.74, 6) is 1.96. The van der Waals surface area contributed by atoms with Crippen LogP contribution in [0.5, 0.6) is 0 Å². The maximum Gasteiger partial charge on any atom is 0.188 e. The Hall–Kier alpha value is -1.07. The smallest absolute Gasteiger partial charge is 0.188 e. The van der Waals surface area contributed by atoms with Gasteiger partial charge in [0.05, 0.1) is 6.04 Å². The molecule has 0 aromatic carbocycles. The second kappa shape index (κ2) is 8.53. The average molecular weight is 323 g/mol. The summed E-state index contributed by atoms with van der Waals surface area (Å²) in [4.78, 5) is 8.41. The molecule has 2 heterocycles. The molecule has 0 saturated carbocycles. The van der Waals surface area contributed by atoms with Crippen LogP contribution >= 0.6 is 11.3 Å². The number of hydrogen-bond acceptors (Lipinski definition) is 3. The summed E-state index contributed by atoms with van der Waals surface area (Å²) >= 11 is 1.83. The van der Waals surface area contributed by atoms with Gasteiger partial charge in [-0.15, -0.1) is 11.3 Å². The van der Waals surface area contributed by atoms with Crippen LogP contribution < -0.4 is 11.1 Å². The Morgan fingerprint density at radius 1 is 1.45 bits per heavy atom. The lowest BCUT2D eigenvalue weighted by Gasteiger charge is -2.36. The number of likely N-dealkylation sites (tertiary alicyclic amines) is 1. The monoisotopic (exact) mass is 322 g/mol. The van der Waals surface area contributed by atoms with Crippen molar-refractivity contribution in [3.8, 4) is 0 Å². The van der Waals surface area contributed by atoms with Gasteiger partial charge in [0.1, 0.15) is 0 Å². The highest BCUT2D eigenvalue weighted by Crippen LogP contribution is 2.28. The number of rotatable bonds is 6. The molecule has 1 aromatic rings. The molecule has 1 atom stereocenters. The Balaban J connectivity index is 1.95. The molecule has 1 fully saturated rings. The number of thiophene rings is 1. The number of nitrogens with two attached hydrogens (primary N) is 1. The van der Waals surface area contributed by atoms with Gasteiger partial charge < -0.3 is 11.1 Å². The van der Waals surface area contributed by atoms with Crippen LogP contribution in [0.4, 0.5) is 0 Å². The lowest BCUT2D eigenvalue weighted by molar-refractivity contribution is 0.140. The molecule has 1 aliphatic heterocycles. The molecule has 0 radical (unpaired) electrons. The molecule has 1 unspecified atom stereocenters. The maximum atomic E-state index is 6.00. The minimum absolute atomic E-state index is 0.403. The molecule has 5 heteroatoms. The van der Waals surface area contributed by atoms with Gasteiger partial charge >= 0.3 is 0 Å². The summed E-state index contributed by atoms with van der Waals surface area (Å²) in [5.41, 5.74) is 6.00. The SMILES string of the molecule is CC(C)CN=C(N)NCC(c1cccs1)N1CCC(C)CC1. The standard InChI is InChI=1S/C17H30N4S/c1-13(2)11-19-17(18)20-12-15(16-5-4-10-22-16)21-8-6-14(3)7-9-21/h4-5,10,13-15H,6-9,11-12H2,1-3H3,(H3,18,19,20). The Morgan fingerprint density at radius 3 is 2.77 bits per heavy atom.